The van der Waals surface area contributed by atoms with Crippen molar-refractivity contribution in [2.75, 3.05) is 12.4 Å². The van der Waals surface area contributed by atoms with E-state index in [4.69, 9.17) is 16.3 Å². The second-order valence-corrected chi connectivity index (χ2v) is 6.27. The quantitative estimate of drug-likeness (QED) is 0.670. The van der Waals surface area contributed by atoms with Gasteiger partial charge in [0.25, 0.3) is 5.91 Å². The molecule has 138 valence electrons. The maximum atomic E-state index is 12.4. The number of aromatic nitrogens is 2. The number of hydrogen-bond acceptors (Lipinski definition) is 5. The summed E-state index contributed by atoms with van der Waals surface area (Å²) in [6.07, 6.45) is 0. The Morgan fingerprint density at radius 1 is 1.11 bits per heavy atom. The number of carbonyl (C=O) groups is 1. The van der Waals surface area contributed by atoms with Crippen LogP contribution in [-0.2, 0) is 6.54 Å². The van der Waals surface area contributed by atoms with Crippen LogP contribution < -0.4 is 15.4 Å². The minimum absolute atomic E-state index is 0.264. The molecule has 0 radical (unpaired) electrons. The highest BCUT2D eigenvalue weighted by molar-refractivity contribution is 6.32. The number of ether oxygens (including phenoxy) is 1. The van der Waals surface area contributed by atoms with Crippen LogP contribution in [0.3, 0.4) is 0 Å². The van der Waals surface area contributed by atoms with Crippen LogP contribution in [0.2, 0.25) is 5.02 Å². The topological polar surface area (TPSA) is 76.1 Å². The number of benzene rings is 2. The zero-order chi connectivity index (χ0) is 19.2. The van der Waals surface area contributed by atoms with Crippen molar-refractivity contribution in [1.82, 2.24) is 15.3 Å². The van der Waals surface area contributed by atoms with Gasteiger partial charge in [0.2, 0.25) is 5.95 Å². The molecule has 27 heavy (non-hydrogen) atoms. The molecule has 6 nitrogen and oxygen atoms in total. The Bertz CT molecular complexity index is 948. The van der Waals surface area contributed by atoms with E-state index in [9.17, 15) is 4.79 Å². The molecular formula is C20H19ClN4O2. The molecule has 0 atom stereocenters. The number of amides is 1. The maximum absolute atomic E-state index is 12.4. The highest BCUT2D eigenvalue weighted by Gasteiger charge is 2.11. The first-order valence-electron chi connectivity index (χ1n) is 8.33. The van der Waals surface area contributed by atoms with E-state index in [2.05, 4.69) is 20.6 Å². The molecule has 1 heterocycles. The predicted octanol–water partition coefficient (Wildman–Crippen LogP) is 4.12. The number of nitrogens with one attached hydrogen (secondary N) is 2. The fourth-order valence-corrected chi connectivity index (χ4v) is 2.74. The summed E-state index contributed by atoms with van der Waals surface area (Å²) in [7, 11) is 1.55. The molecule has 2 N–H and O–H groups in total. The van der Waals surface area contributed by atoms with Crippen molar-refractivity contribution in [3.05, 3.63) is 76.6 Å². The summed E-state index contributed by atoms with van der Waals surface area (Å²) < 4.78 is 5.14. The van der Waals surface area contributed by atoms with Crippen LogP contribution in [0.25, 0.3) is 0 Å². The molecule has 0 fully saturated rings. The molecule has 0 spiro atoms. The largest absolute Gasteiger partial charge is 0.495 e. The van der Waals surface area contributed by atoms with Crippen molar-refractivity contribution < 1.29 is 9.53 Å². The van der Waals surface area contributed by atoms with E-state index in [1.165, 1.54) is 0 Å². The second kappa shape index (κ2) is 8.51. The van der Waals surface area contributed by atoms with Gasteiger partial charge in [-0.15, -0.1) is 0 Å². The lowest BCUT2D eigenvalue weighted by Crippen LogP contribution is -2.24. The molecular weight excluding hydrogens is 364 g/mol. The fourth-order valence-electron chi connectivity index (χ4n) is 2.48. The molecule has 0 aliphatic rings. The molecule has 0 bridgehead atoms. The van der Waals surface area contributed by atoms with Crippen molar-refractivity contribution in [3.8, 4) is 5.75 Å². The van der Waals surface area contributed by atoms with Gasteiger partial charge in [-0.3, -0.25) is 4.79 Å². The number of carbonyl (C=O) groups excluding carboxylic acids is 1. The van der Waals surface area contributed by atoms with Gasteiger partial charge in [0, 0.05) is 17.9 Å². The third-order valence-electron chi connectivity index (χ3n) is 3.79. The Morgan fingerprint density at radius 3 is 2.59 bits per heavy atom. The third-order valence-corrected chi connectivity index (χ3v) is 4.09. The molecule has 1 amide bonds. The first-order chi connectivity index (χ1) is 13.0. The Hall–Kier alpha value is -3.12. The molecule has 2 aromatic carbocycles. The molecule has 7 heteroatoms. The van der Waals surface area contributed by atoms with Crippen LogP contribution in [0, 0.1) is 6.92 Å². The Labute approximate surface area is 162 Å². The van der Waals surface area contributed by atoms with Gasteiger partial charge in [0.15, 0.2) is 0 Å². The van der Waals surface area contributed by atoms with Gasteiger partial charge >= 0.3 is 0 Å². The summed E-state index contributed by atoms with van der Waals surface area (Å²) in [5, 5.41) is 6.40. The van der Waals surface area contributed by atoms with Gasteiger partial charge in [0.1, 0.15) is 11.4 Å². The Morgan fingerprint density at radius 2 is 1.89 bits per heavy atom. The minimum atomic E-state index is -0.264. The van der Waals surface area contributed by atoms with Crippen molar-refractivity contribution in [2.45, 2.75) is 13.5 Å². The van der Waals surface area contributed by atoms with E-state index in [1.807, 2.05) is 37.3 Å². The number of aryl methyl sites for hydroxylation is 1. The SMILES string of the molecule is COc1ccc(Nc2nc(C)cc(C(=O)NCc3ccccc3)n2)cc1Cl. The van der Waals surface area contributed by atoms with Gasteiger partial charge in [-0.05, 0) is 36.8 Å². The molecule has 3 aromatic rings. The average molecular weight is 383 g/mol. The summed E-state index contributed by atoms with van der Waals surface area (Å²) in [6.45, 7) is 2.24. The van der Waals surface area contributed by atoms with E-state index in [-0.39, 0.29) is 5.91 Å². The van der Waals surface area contributed by atoms with Crippen LogP contribution in [0.1, 0.15) is 21.7 Å². The summed E-state index contributed by atoms with van der Waals surface area (Å²) in [5.74, 6) is 0.634. The third kappa shape index (κ3) is 4.95. The minimum Gasteiger partial charge on any atom is -0.495 e. The summed E-state index contributed by atoms with van der Waals surface area (Å²) in [4.78, 5) is 21.1. The lowest BCUT2D eigenvalue weighted by atomic mass is 10.2. The second-order valence-electron chi connectivity index (χ2n) is 5.86. The van der Waals surface area contributed by atoms with Crippen molar-refractivity contribution in [2.24, 2.45) is 0 Å². The average Bonchev–Trinajstić information content (AvgIpc) is 2.66. The standard InChI is InChI=1S/C20H19ClN4O2/c1-13-10-17(19(26)22-12-14-6-4-3-5-7-14)25-20(23-13)24-15-8-9-18(27-2)16(21)11-15/h3-11H,12H2,1-2H3,(H,22,26)(H,23,24,25). The van der Waals surface area contributed by atoms with Crippen molar-refractivity contribution in [1.29, 1.82) is 0 Å². The smallest absolute Gasteiger partial charge is 0.270 e. The maximum Gasteiger partial charge on any atom is 0.270 e. The Balaban J connectivity index is 1.73. The van der Waals surface area contributed by atoms with Gasteiger partial charge in [0.05, 0.1) is 12.1 Å². The monoisotopic (exact) mass is 382 g/mol. The molecule has 0 aliphatic carbocycles. The first-order valence-corrected chi connectivity index (χ1v) is 8.71. The van der Waals surface area contributed by atoms with Crippen LogP contribution in [-0.4, -0.2) is 23.0 Å². The summed E-state index contributed by atoms with van der Waals surface area (Å²) in [6, 6.07) is 16.6. The molecule has 0 saturated carbocycles. The van der Waals surface area contributed by atoms with Gasteiger partial charge in [-0.25, -0.2) is 9.97 Å². The van der Waals surface area contributed by atoms with Gasteiger partial charge < -0.3 is 15.4 Å². The lowest BCUT2D eigenvalue weighted by molar-refractivity contribution is 0.0945. The zero-order valence-corrected chi connectivity index (χ0v) is 15.7. The number of rotatable bonds is 6. The lowest BCUT2D eigenvalue weighted by Gasteiger charge is -2.10. The normalized spacial score (nSPS) is 10.3. The fraction of sp³-hybridized carbons (Fsp3) is 0.150. The zero-order valence-electron chi connectivity index (χ0n) is 15.0. The van der Waals surface area contributed by atoms with Crippen LogP contribution >= 0.6 is 11.6 Å². The van der Waals surface area contributed by atoms with E-state index in [0.29, 0.717) is 40.3 Å². The van der Waals surface area contributed by atoms with Gasteiger partial charge in [-0.1, -0.05) is 41.9 Å². The predicted molar refractivity (Wildman–Crippen MR) is 106 cm³/mol. The molecule has 0 unspecified atom stereocenters. The van der Waals surface area contributed by atoms with E-state index < -0.39 is 0 Å². The number of hydrogen-bond donors (Lipinski definition) is 2. The highest BCUT2D eigenvalue weighted by Crippen LogP contribution is 2.28. The highest BCUT2D eigenvalue weighted by atomic mass is 35.5. The number of methoxy groups -OCH3 is 1. The first kappa shape index (κ1) is 18.7. The number of anilines is 2. The van der Waals surface area contributed by atoms with Crippen LogP contribution in [0.5, 0.6) is 5.75 Å². The van der Waals surface area contributed by atoms with E-state index >= 15 is 0 Å². The summed E-state index contributed by atoms with van der Waals surface area (Å²) in [5.41, 5.74) is 2.68. The van der Waals surface area contributed by atoms with Crippen LogP contribution in [0.15, 0.2) is 54.6 Å². The summed E-state index contributed by atoms with van der Waals surface area (Å²) >= 11 is 6.14. The number of nitrogens with zero attached hydrogens (tertiary/aromatic N) is 2. The molecule has 0 aliphatic heterocycles. The van der Waals surface area contributed by atoms with Crippen molar-refractivity contribution in [3.63, 3.8) is 0 Å². The number of halogens is 1. The molecule has 1 aromatic heterocycles. The Kier molecular flexibility index (Phi) is 5.88. The van der Waals surface area contributed by atoms with Crippen molar-refractivity contribution >= 4 is 29.1 Å². The van der Waals surface area contributed by atoms with Crippen LogP contribution in [0.4, 0.5) is 11.6 Å². The van der Waals surface area contributed by atoms with E-state index in [1.54, 1.807) is 31.4 Å². The van der Waals surface area contributed by atoms with E-state index in [0.717, 1.165) is 5.56 Å². The molecule has 3 rings (SSSR count). The molecule has 0 saturated heterocycles. The van der Waals surface area contributed by atoms with Gasteiger partial charge in [-0.2, -0.15) is 0 Å².